The molecule has 39 heavy (non-hydrogen) atoms. The van der Waals surface area contributed by atoms with E-state index in [1.165, 1.54) is 40.3 Å². The molecule has 0 amide bonds. The number of likely N-dealkylation sites (tertiary alicyclic amines) is 1. The Bertz CT molecular complexity index is 1460. The number of β-amino-alcohol motifs (C(OH)–C–C–N with tert-alkyl or cyclic N) is 2. The van der Waals surface area contributed by atoms with Crippen LogP contribution >= 0.6 is 0 Å². The van der Waals surface area contributed by atoms with Gasteiger partial charge in [-0.25, -0.2) is 0 Å². The van der Waals surface area contributed by atoms with E-state index >= 15 is 0 Å². The van der Waals surface area contributed by atoms with Crippen LogP contribution in [0.25, 0.3) is 10.8 Å². The fourth-order valence-corrected chi connectivity index (χ4v) is 10.8. The lowest BCUT2D eigenvalue weighted by molar-refractivity contribution is -0.154. The number of aliphatic hydroxyl groups excluding tert-OH is 3. The summed E-state index contributed by atoms with van der Waals surface area (Å²) in [6.45, 7) is 3.38. The molecular weight excluding hydrogens is 488 g/mol. The van der Waals surface area contributed by atoms with Crippen molar-refractivity contribution >= 4 is 10.8 Å². The van der Waals surface area contributed by atoms with Crippen LogP contribution in [0.1, 0.15) is 57.4 Å². The topological polar surface area (TPSA) is 86.1 Å². The van der Waals surface area contributed by atoms with E-state index in [0.29, 0.717) is 31.3 Å². The van der Waals surface area contributed by atoms with Gasteiger partial charge in [0, 0.05) is 42.3 Å². The zero-order chi connectivity index (χ0) is 26.4. The molecular formula is C33H38N2O4. The molecule has 0 radical (unpaired) electrons. The van der Waals surface area contributed by atoms with Gasteiger partial charge in [0.1, 0.15) is 0 Å². The van der Waals surface area contributed by atoms with Crippen molar-refractivity contribution in [1.29, 1.82) is 0 Å². The third-order valence-electron chi connectivity index (χ3n) is 12.7. The van der Waals surface area contributed by atoms with E-state index in [9.17, 15) is 15.3 Å². The first-order valence-electron chi connectivity index (χ1n) is 15.0. The molecule has 4 heterocycles. The average molecular weight is 527 g/mol. The summed E-state index contributed by atoms with van der Waals surface area (Å²) >= 11 is 0. The summed E-state index contributed by atoms with van der Waals surface area (Å²) in [7, 11) is 0. The largest absolute Gasteiger partial charge is 0.391 e. The molecule has 6 heteroatoms. The molecule has 1 aromatic carbocycles. The van der Waals surface area contributed by atoms with Crippen LogP contribution < -0.4 is 0 Å². The number of aromatic nitrogens is 1. The second-order valence-corrected chi connectivity index (χ2v) is 14.2. The maximum absolute atomic E-state index is 11.2. The number of rotatable bonds is 2. The fourth-order valence-electron chi connectivity index (χ4n) is 10.8. The molecule has 2 aromatic rings. The van der Waals surface area contributed by atoms with Crippen LogP contribution in [0.15, 0.2) is 60.0 Å². The third-order valence-corrected chi connectivity index (χ3v) is 12.7. The van der Waals surface area contributed by atoms with Crippen molar-refractivity contribution < 1.29 is 20.1 Å². The molecule has 3 aliphatic heterocycles. The number of aliphatic hydroxyl groups is 3. The zero-order valence-electron chi connectivity index (χ0n) is 22.6. The molecule has 7 aliphatic rings. The lowest BCUT2D eigenvalue weighted by Crippen LogP contribution is -2.59. The molecule has 6 nitrogen and oxygen atoms in total. The average Bonchev–Trinajstić information content (AvgIpc) is 3.34. The minimum absolute atomic E-state index is 0.0980. The van der Waals surface area contributed by atoms with Crippen molar-refractivity contribution in [2.75, 3.05) is 13.1 Å². The van der Waals surface area contributed by atoms with Gasteiger partial charge in [-0.2, -0.15) is 0 Å². The van der Waals surface area contributed by atoms with E-state index in [0.717, 1.165) is 25.7 Å². The zero-order valence-corrected chi connectivity index (χ0v) is 22.6. The highest BCUT2D eigenvalue weighted by molar-refractivity contribution is 5.82. The lowest BCUT2D eigenvalue weighted by atomic mass is 9.55. The van der Waals surface area contributed by atoms with E-state index in [1.54, 1.807) is 0 Å². The van der Waals surface area contributed by atoms with Crippen LogP contribution in [0, 0.1) is 17.3 Å². The summed E-state index contributed by atoms with van der Waals surface area (Å²) in [5, 5.41) is 34.1. The molecule has 10 atom stereocenters. The van der Waals surface area contributed by atoms with Gasteiger partial charge in [0.2, 0.25) is 0 Å². The second kappa shape index (κ2) is 7.40. The number of ether oxygens (including phenoxy) is 1. The molecule has 2 bridgehead atoms. The van der Waals surface area contributed by atoms with Crippen molar-refractivity contribution in [1.82, 2.24) is 9.88 Å². The van der Waals surface area contributed by atoms with E-state index in [-0.39, 0.29) is 28.1 Å². The molecule has 204 valence electrons. The number of hydrogen-bond donors (Lipinski definition) is 3. The molecule has 2 spiro atoms. The molecule has 3 N–H and O–H groups in total. The predicted octanol–water partition coefficient (Wildman–Crippen LogP) is 3.64. The maximum Gasteiger partial charge on any atom is 0.0975 e. The van der Waals surface area contributed by atoms with Gasteiger partial charge in [0.15, 0.2) is 0 Å². The standard InChI is InChI=1S/C33H38N2O4/c1-30-6-4-22-11-23-12-26(36)25(35-17-27(37)28(38)18-35)15-31(23)7-8-33(22,39-31)29(30)13-24-14-32(24,30)21-3-2-19-5-9-34-16-20(19)10-21/h2-5,9-11,16,24-29,36-38H,6-8,12-15,17-18H2,1H3/t24-,25-,26+,27-,28-,29+,30-,31+,32-,33?/m0/s1. The van der Waals surface area contributed by atoms with Gasteiger partial charge in [-0.1, -0.05) is 31.2 Å². The van der Waals surface area contributed by atoms with Crippen LogP contribution in [0.3, 0.4) is 0 Å². The minimum atomic E-state index is -0.741. The van der Waals surface area contributed by atoms with E-state index in [4.69, 9.17) is 4.74 Å². The highest BCUT2D eigenvalue weighted by Gasteiger charge is 2.78. The number of nitrogens with zero attached hydrogens (tertiary/aromatic N) is 2. The lowest BCUT2D eigenvalue weighted by Gasteiger charge is -2.56. The molecule has 5 fully saturated rings. The molecule has 4 aliphatic carbocycles. The second-order valence-electron chi connectivity index (χ2n) is 14.2. The summed E-state index contributed by atoms with van der Waals surface area (Å²) in [6.07, 6.45) is 13.7. The number of benzene rings is 1. The van der Waals surface area contributed by atoms with Gasteiger partial charge in [-0.3, -0.25) is 9.88 Å². The van der Waals surface area contributed by atoms with E-state index in [2.05, 4.69) is 53.2 Å². The molecule has 2 saturated heterocycles. The van der Waals surface area contributed by atoms with Crippen LogP contribution in [-0.4, -0.2) is 73.8 Å². The highest BCUT2D eigenvalue weighted by atomic mass is 16.5. The Morgan fingerprint density at radius 1 is 1.00 bits per heavy atom. The summed E-state index contributed by atoms with van der Waals surface area (Å²) in [5.41, 5.74) is 3.87. The number of hydrogen-bond acceptors (Lipinski definition) is 6. The summed E-state index contributed by atoms with van der Waals surface area (Å²) < 4.78 is 7.46. The first kappa shape index (κ1) is 23.6. The Kier molecular flexibility index (Phi) is 4.48. The fraction of sp³-hybridized carbons (Fsp3) is 0.606. The monoisotopic (exact) mass is 526 g/mol. The van der Waals surface area contributed by atoms with Crippen molar-refractivity contribution in [2.45, 2.75) is 92.8 Å². The number of allylic oxidation sites excluding steroid dienone is 1. The molecule has 1 unspecified atom stereocenters. The summed E-state index contributed by atoms with van der Waals surface area (Å²) in [5.74, 6) is 1.18. The van der Waals surface area contributed by atoms with Crippen LogP contribution in [0.5, 0.6) is 0 Å². The Balaban J connectivity index is 1.09. The summed E-state index contributed by atoms with van der Waals surface area (Å²) in [6, 6.07) is 9.08. The SMILES string of the molecule is C[C@]12CC=C3C=C4C[C@@H](O)[C@@H](N5C[C@H](O)[C@@H](O)C5)C[C@]45CCC3(O5)[C@@H]1C[C@H]1C[C@]12c1ccc2ccncc2c1. The van der Waals surface area contributed by atoms with E-state index in [1.807, 2.05) is 12.4 Å². The quantitative estimate of drug-likeness (QED) is 0.554. The maximum atomic E-state index is 11.2. The first-order valence-corrected chi connectivity index (χ1v) is 15.0. The number of fused-ring (bicyclic) bond motifs is 4. The first-order chi connectivity index (χ1) is 18.8. The van der Waals surface area contributed by atoms with Crippen molar-refractivity contribution in [3.63, 3.8) is 0 Å². The Morgan fingerprint density at radius 3 is 2.69 bits per heavy atom. The molecule has 9 rings (SSSR count). The van der Waals surface area contributed by atoms with E-state index < -0.39 is 18.3 Å². The summed E-state index contributed by atoms with van der Waals surface area (Å²) in [4.78, 5) is 6.50. The molecule has 3 saturated carbocycles. The van der Waals surface area contributed by atoms with Crippen LogP contribution in [-0.2, 0) is 10.2 Å². The smallest absolute Gasteiger partial charge is 0.0975 e. The van der Waals surface area contributed by atoms with Crippen molar-refractivity contribution in [3.05, 3.63) is 65.5 Å². The van der Waals surface area contributed by atoms with Gasteiger partial charge in [-0.05, 0) is 96.4 Å². The van der Waals surface area contributed by atoms with Gasteiger partial charge in [-0.15, -0.1) is 0 Å². The third kappa shape index (κ3) is 2.78. The Labute approximate surface area is 229 Å². The normalized spacial score (nSPS) is 49.6. The Hall–Kier alpha value is -2.09. The van der Waals surface area contributed by atoms with Gasteiger partial charge in [0.05, 0.1) is 29.5 Å². The predicted molar refractivity (Wildman–Crippen MR) is 147 cm³/mol. The highest BCUT2D eigenvalue weighted by Crippen LogP contribution is 2.80. The van der Waals surface area contributed by atoms with Crippen molar-refractivity contribution in [3.8, 4) is 0 Å². The molecule has 1 aromatic heterocycles. The van der Waals surface area contributed by atoms with Gasteiger partial charge < -0.3 is 20.1 Å². The van der Waals surface area contributed by atoms with Gasteiger partial charge in [0.25, 0.3) is 0 Å². The van der Waals surface area contributed by atoms with Crippen LogP contribution in [0.4, 0.5) is 0 Å². The van der Waals surface area contributed by atoms with Gasteiger partial charge >= 0.3 is 0 Å². The number of pyridine rings is 1. The Morgan fingerprint density at radius 2 is 1.85 bits per heavy atom. The van der Waals surface area contributed by atoms with Crippen LogP contribution in [0.2, 0.25) is 0 Å². The minimum Gasteiger partial charge on any atom is -0.391 e. The van der Waals surface area contributed by atoms with Crippen molar-refractivity contribution in [2.24, 2.45) is 17.3 Å².